The van der Waals surface area contributed by atoms with E-state index in [2.05, 4.69) is 109 Å². The molecule has 0 saturated carbocycles. The molecule has 1 aliphatic rings. The number of rotatable bonds is 1. The van der Waals surface area contributed by atoms with E-state index in [1.165, 1.54) is 59.1 Å². The first kappa shape index (κ1) is 17.3. The smallest absolute Gasteiger partial charge is 0.109 e. The van der Waals surface area contributed by atoms with Crippen LogP contribution in [0.5, 0.6) is 0 Å². The van der Waals surface area contributed by atoms with Gasteiger partial charge in [0.05, 0.1) is 5.52 Å². The van der Waals surface area contributed by atoms with Crippen LogP contribution in [0, 0.1) is 0 Å². The second kappa shape index (κ2) is 5.87. The maximum Gasteiger partial charge on any atom is 0.109 e. The molecule has 0 spiro atoms. The van der Waals surface area contributed by atoms with E-state index in [-0.39, 0.29) is 5.41 Å². The van der Waals surface area contributed by atoms with Gasteiger partial charge in [-0.15, -0.1) is 11.3 Å². The van der Waals surface area contributed by atoms with E-state index in [0.29, 0.717) is 0 Å². The molecule has 1 aliphatic carbocycles. The zero-order chi connectivity index (χ0) is 20.7. The molecule has 148 valence electrons. The molecule has 31 heavy (non-hydrogen) atoms. The SMILES string of the molecule is CC1(C)c2ccccc2-c2cc(-n3c4ccccc4c4c5ccccc5sc43)ccc21. The van der Waals surface area contributed by atoms with Gasteiger partial charge in [-0.3, -0.25) is 0 Å². The van der Waals surface area contributed by atoms with Gasteiger partial charge in [0.2, 0.25) is 0 Å². The van der Waals surface area contributed by atoms with Crippen molar-refractivity contribution in [3.05, 3.63) is 102 Å². The summed E-state index contributed by atoms with van der Waals surface area (Å²) in [5, 5.41) is 4.05. The van der Waals surface area contributed by atoms with Crippen LogP contribution >= 0.6 is 11.3 Å². The Balaban J connectivity index is 1.59. The quantitative estimate of drug-likeness (QED) is 0.254. The van der Waals surface area contributed by atoms with E-state index < -0.39 is 0 Å². The summed E-state index contributed by atoms with van der Waals surface area (Å²) in [6.07, 6.45) is 0. The van der Waals surface area contributed by atoms with Gasteiger partial charge in [-0.05, 0) is 46.5 Å². The molecule has 2 heteroatoms. The van der Waals surface area contributed by atoms with Crippen molar-refractivity contribution in [3.8, 4) is 16.8 Å². The van der Waals surface area contributed by atoms with Crippen molar-refractivity contribution in [2.75, 3.05) is 0 Å². The topological polar surface area (TPSA) is 4.93 Å². The van der Waals surface area contributed by atoms with Crippen molar-refractivity contribution in [1.82, 2.24) is 4.57 Å². The molecule has 0 saturated heterocycles. The molecule has 4 aromatic carbocycles. The molecule has 0 bridgehead atoms. The van der Waals surface area contributed by atoms with Crippen molar-refractivity contribution < 1.29 is 0 Å². The van der Waals surface area contributed by atoms with Crippen molar-refractivity contribution in [1.29, 1.82) is 0 Å². The minimum Gasteiger partial charge on any atom is -0.301 e. The van der Waals surface area contributed by atoms with Crippen molar-refractivity contribution in [3.63, 3.8) is 0 Å². The van der Waals surface area contributed by atoms with Crippen molar-refractivity contribution >= 4 is 42.5 Å². The zero-order valence-electron chi connectivity index (χ0n) is 17.5. The van der Waals surface area contributed by atoms with Crippen molar-refractivity contribution in [2.45, 2.75) is 19.3 Å². The van der Waals surface area contributed by atoms with Crippen LogP contribution in [0.2, 0.25) is 0 Å². The third-order valence-electron chi connectivity index (χ3n) is 7.02. The molecule has 0 N–H and O–H groups in total. The maximum absolute atomic E-state index is 2.46. The van der Waals surface area contributed by atoms with Crippen molar-refractivity contribution in [2.24, 2.45) is 0 Å². The van der Waals surface area contributed by atoms with Gasteiger partial charge in [0.25, 0.3) is 0 Å². The summed E-state index contributed by atoms with van der Waals surface area (Å²) in [5.74, 6) is 0. The zero-order valence-corrected chi connectivity index (χ0v) is 18.3. The lowest BCUT2D eigenvalue weighted by atomic mass is 9.82. The minimum atomic E-state index is 0.0378. The lowest BCUT2D eigenvalue weighted by molar-refractivity contribution is 0.660. The molecular weight excluding hydrogens is 394 g/mol. The molecule has 6 aromatic rings. The van der Waals surface area contributed by atoms with Gasteiger partial charge in [-0.2, -0.15) is 0 Å². The predicted molar refractivity (Wildman–Crippen MR) is 134 cm³/mol. The number of nitrogens with zero attached hydrogens (tertiary/aromatic N) is 1. The lowest BCUT2D eigenvalue weighted by Crippen LogP contribution is -2.14. The fraction of sp³-hybridized carbons (Fsp3) is 0.103. The first-order chi connectivity index (χ1) is 15.1. The molecule has 0 unspecified atom stereocenters. The van der Waals surface area contributed by atoms with E-state index in [1.54, 1.807) is 0 Å². The van der Waals surface area contributed by atoms with Gasteiger partial charge in [0.1, 0.15) is 4.83 Å². The molecule has 0 radical (unpaired) electrons. The fourth-order valence-electron chi connectivity index (χ4n) is 5.54. The highest BCUT2D eigenvalue weighted by molar-refractivity contribution is 7.25. The second-order valence-corrected chi connectivity index (χ2v) is 10.1. The van der Waals surface area contributed by atoms with Gasteiger partial charge in [-0.25, -0.2) is 0 Å². The molecule has 0 aliphatic heterocycles. The normalized spacial score (nSPS) is 14.4. The highest BCUT2D eigenvalue weighted by Crippen LogP contribution is 2.50. The highest BCUT2D eigenvalue weighted by atomic mass is 32.1. The fourth-order valence-corrected chi connectivity index (χ4v) is 6.80. The highest BCUT2D eigenvalue weighted by Gasteiger charge is 2.35. The van der Waals surface area contributed by atoms with Crippen LogP contribution in [-0.4, -0.2) is 4.57 Å². The van der Waals surface area contributed by atoms with Crippen LogP contribution in [0.15, 0.2) is 91.0 Å². The number of aromatic nitrogens is 1. The number of thiophene rings is 1. The van der Waals surface area contributed by atoms with Crippen LogP contribution < -0.4 is 0 Å². The Morgan fingerprint density at radius 1 is 0.677 bits per heavy atom. The summed E-state index contributed by atoms with van der Waals surface area (Å²) < 4.78 is 3.81. The lowest BCUT2D eigenvalue weighted by Gasteiger charge is -2.21. The Labute approximate surface area is 185 Å². The minimum absolute atomic E-state index is 0.0378. The monoisotopic (exact) mass is 415 g/mol. The Morgan fingerprint density at radius 2 is 1.39 bits per heavy atom. The van der Waals surface area contributed by atoms with Gasteiger partial charge < -0.3 is 4.57 Å². The molecule has 0 amide bonds. The van der Waals surface area contributed by atoms with Gasteiger partial charge in [0, 0.05) is 32.0 Å². The second-order valence-electron chi connectivity index (χ2n) is 9.03. The van der Waals surface area contributed by atoms with Gasteiger partial charge in [0.15, 0.2) is 0 Å². The number of fused-ring (bicyclic) bond motifs is 8. The molecule has 1 nitrogen and oxygen atoms in total. The van der Waals surface area contributed by atoms with E-state index >= 15 is 0 Å². The average molecular weight is 416 g/mol. The summed E-state index contributed by atoms with van der Waals surface area (Å²) in [4.78, 5) is 1.33. The van der Waals surface area contributed by atoms with Crippen LogP contribution in [0.25, 0.3) is 48.0 Å². The van der Waals surface area contributed by atoms with Crippen LogP contribution in [-0.2, 0) is 5.41 Å². The summed E-state index contributed by atoms with van der Waals surface area (Å²) in [7, 11) is 0. The first-order valence-electron chi connectivity index (χ1n) is 10.8. The number of para-hydroxylation sites is 1. The first-order valence-corrected chi connectivity index (χ1v) is 11.6. The molecule has 0 atom stereocenters. The Hall–Kier alpha value is -3.36. The van der Waals surface area contributed by atoms with Gasteiger partial charge in [-0.1, -0.05) is 80.6 Å². The molecule has 2 heterocycles. The summed E-state index contributed by atoms with van der Waals surface area (Å²) in [6.45, 7) is 4.68. The third kappa shape index (κ3) is 2.15. The van der Waals surface area contributed by atoms with Gasteiger partial charge >= 0.3 is 0 Å². The van der Waals surface area contributed by atoms with Crippen LogP contribution in [0.4, 0.5) is 0 Å². The standard InChI is InChI=1S/C29H21NS/c1-29(2)23-12-6-3-9-19(23)22-17-18(15-16-24(22)29)30-25-13-7-4-10-20(25)27-21-11-5-8-14-26(21)31-28(27)30/h3-17H,1-2H3. The maximum atomic E-state index is 2.46. The Morgan fingerprint density at radius 3 is 2.29 bits per heavy atom. The average Bonchev–Trinajstić information content (AvgIpc) is 3.40. The molecule has 2 aromatic heterocycles. The Bertz CT molecular complexity index is 1660. The molecule has 0 fully saturated rings. The third-order valence-corrected chi connectivity index (χ3v) is 8.18. The van der Waals surface area contributed by atoms with Crippen LogP contribution in [0.3, 0.4) is 0 Å². The number of hydrogen-bond acceptors (Lipinski definition) is 1. The summed E-state index contributed by atoms with van der Waals surface area (Å²) in [5.41, 5.74) is 8.13. The number of benzene rings is 4. The summed E-state index contributed by atoms with van der Waals surface area (Å²) in [6, 6.07) is 33.5. The van der Waals surface area contributed by atoms with E-state index in [9.17, 15) is 0 Å². The molecular formula is C29H21NS. The number of hydrogen-bond donors (Lipinski definition) is 0. The molecule has 7 rings (SSSR count). The Kier molecular flexibility index (Phi) is 3.28. The predicted octanol–water partition coefficient (Wildman–Crippen LogP) is 8.30. The van der Waals surface area contributed by atoms with Crippen LogP contribution in [0.1, 0.15) is 25.0 Å². The largest absolute Gasteiger partial charge is 0.301 e. The van der Waals surface area contributed by atoms with E-state index in [0.717, 1.165) is 0 Å². The van der Waals surface area contributed by atoms with E-state index in [4.69, 9.17) is 0 Å². The summed E-state index contributed by atoms with van der Waals surface area (Å²) >= 11 is 1.89. The van der Waals surface area contributed by atoms with E-state index in [1.807, 2.05) is 11.3 Å².